The minimum atomic E-state index is 0.603. The summed E-state index contributed by atoms with van der Waals surface area (Å²) in [4.78, 5) is 19.2. The normalized spacial score (nSPS) is 15.6. The zero-order chi connectivity index (χ0) is 28.2. The molecule has 6 rings (SSSR count). The molecule has 0 amide bonds. The molecule has 0 saturated carbocycles. The van der Waals surface area contributed by atoms with Crippen LogP contribution in [0.15, 0.2) is 71.8 Å². The van der Waals surface area contributed by atoms with Gasteiger partial charge in [-0.2, -0.15) is 5.10 Å². The number of hydrogen-bond donors (Lipinski definition) is 1. The van der Waals surface area contributed by atoms with Crippen LogP contribution in [0.4, 0.5) is 11.4 Å². The van der Waals surface area contributed by atoms with Crippen LogP contribution < -0.4 is 19.7 Å². The van der Waals surface area contributed by atoms with E-state index in [9.17, 15) is 0 Å². The van der Waals surface area contributed by atoms with Crippen molar-refractivity contribution in [2.75, 3.05) is 58.4 Å². The van der Waals surface area contributed by atoms with E-state index in [1.165, 1.54) is 0 Å². The second kappa shape index (κ2) is 12.1. The maximum absolute atomic E-state index is 5.57. The molecule has 0 unspecified atom stereocenters. The van der Waals surface area contributed by atoms with Gasteiger partial charge in [-0.3, -0.25) is 19.6 Å². The highest BCUT2D eigenvalue weighted by molar-refractivity contribution is 5.87. The first-order valence-corrected chi connectivity index (χ1v) is 14.0. The summed E-state index contributed by atoms with van der Waals surface area (Å²) in [5.74, 6) is 1.45. The second-order valence-corrected chi connectivity index (χ2v) is 10.4. The number of methoxy groups -OCH3 is 2. The number of rotatable bonds is 10. The molecular formula is C31H36N8O2. The average Bonchev–Trinajstić information content (AvgIpc) is 3.67. The van der Waals surface area contributed by atoms with Crippen molar-refractivity contribution in [3.05, 3.63) is 66.8 Å². The van der Waals surface area contributed by atoms with E-state index in [1.807, 2.05) is 41.3 Å². The van der Waals surface area contributed by atoms with Gasteiger partial charge in [-0.15, -0.1) is 0 Å². The number of piperazine rings is 1. The highest BCUT2D eigenvalue weighted by Gasteiger charge is 2.18. The number of allylic oxidation sites excluding steroid dienone is 1. The molecule has 4 aromatic rings. The molecule has 10 nitrogen and oxygen atoms in total. The molecule has 1 saturated heterocycles. The van der Waals surface area contributed by atoms with Gasteiger partial charge in [0.05, 0.1) is 62.1 Å². The molecule has 0 atom stereocenters. The number of ether oxygens (including phenoxy) is 2. The van der Waals surface area contributed by atoms with E-state index < -0.39 is 0 Å². The van der Waals surface area contributed by atoms with Gasteiger partial charge in [-0.25, -0.2) is 4.98 Å². The molecule has 2 aliphatic rings. The second-order valence-electron chi connectivity index (χ2n) is 10.4. The minimum absolute atomic E-state index is 0.603. The molecule has 1 N–H and O–H groups in total. The smallest absolute Gasteiger partial charge is 0.124 e. The number of aromatic nitrogens is 4. The lowest BCUT2D eigenvalue weighted by Gasteiger charge is -2.26. The van der Waals surface area contributed by atoms with Crippen molar-refractivity contribution >= 4 is 28.1 Å². The lowest BCUT2D eigenvalue weighted by atomic mass is 10.1. The zero-order valence-corrected chi connectivity index (χ0v) is 23.9. The predicted molar refractivity (Wildman–Crippen MR) is 162 cm³/mol. The van der Waals surface area contributed by atoms with Crippen molar-refractivity contribution in [3.63, 3.8) is 0 Å². The Morgan fingerprint density at radius 1 is 0.927 bits per heavy atom. The van der Waals surface area contributed by atoms with Crippen LogP contribution in [-0.4, -0.2) is 83.8 Å². The predicted octanol–water partition coefficient (Wildman–Crippen LogP) is 4.30. The van der Waals surface area contributed by atoms with Crippen LogP contribution in [0.3, 0.4) is 0 Å². The van der Waals surface area contributed by atoms with Crippen LogP contribution in [0.1, 0.15) is 13.3 Å². The summed E-state index contributed by atoms with van der Waals surface area (Å²) < 4.78 is 13.1. The van der Waals surface area contributed by atoms with Crippen molar-refractivity contribution in [3.8, 4) is 22.8 Å². The number of benzene rings is 2. The quantitative estimate of drug-likeness (QED) is 0.311. The van der Waals surface area contributed by atoms with E-state index in [0.29, 0.717) is 6.54 Å². The number of anilines is 2. The topological polar surface area (TPSA) is 92.9 Å². The van der Waals surface area contributed by atoms with Gasteiger partial charge in [0.1, 0.15) is 11.5 Å². The Morgan fingerprint density at radius 3 is 2.46 bits per heavy atom. The van der Waals surface area contributed by atoms with Gasteiger partial charge < -0.3 is 19.7 Å². The van der Waals surface area contributed by atoms with Crippen LogP contribution in [-0.2, 0) is 6.54 Å². The van der Waals surface area contributed by atoms with Gasteiger partial charge in [0, 0.05) is 86.2 Å². The van der Waals surface area contributed by atoms with Gasteiger partial charge in [0.2, 0.25) is 0 Å². The summed E-state index contributed by atoms with van der Waals surface area (Å²) in [7, 11) is 3.33. The SMILES string of the molecule is COc1cc(OC)cc(N(CC2=CCC(C)=N2)c2ccc3ncc(-c4cnn(CCN5CCNCC5)c4)nc3c2)c1. The zero-order valence-electron chi connectivity index (χ0n) is 23.9. The van der Waals surface area contributed by atoms with Gasteiger partial charge in [-0.1, -0.05) is 6.08 Å². The average molecular weight is 553 g/mol. The highest BCUT2D eigenvalue weighted by atomic mass is 16.5. The number of nitrogens with zero attached hydrogens (tertiary/aromatic N) is 7. The molecule has 0 radical (unpaired) electrons. The van der Waals surface area contributed by atoms with Crippen molar-refractivity contribution in [1.29, 1.82) is 0 Å². The van der Waals surface area contributed by atoms with E-state index in [-0.39, 0.29) is 0 Å². The third-order valence-electron chi connectivity index (χ3n) is 7.56. The minimum Gasteiger partial charge on any atom is -0.497 e. The fourth-order valence-electron chi connectivity index (χ4n) is 5.25. The maximum atomic E-state index is 5.57. The van der Waals surface area contributed by atoms with E-state index in [0.717, 1.165) is 102 Å². The first-order valence-electron chi connectivity index (χ1n) is 14.0. The van der Waals surface area contributed by atoms with E-state index >= 15 is 0 Å². The monoisotopic (exact) mass is 552 g/mol. The third-order valence-corrected chi connectivity index (χ3v) is 7.56. The molecule has 0 bridgehead atoms. The van der Waals surface area contributed by atoms with Crippen molar-refractivity contribution in [1.82, 2.24) is 30.0 Å². The van der Waals surface area contributed by atoms with Gasteiger partial charge in [0.15, 0.2) is 0 Å². The molecule has 1 fully saturated rings. The van der Waals surface area contributed by atoms with Gasteiger partial charge in [0.25, 0.3) is 0 Å². The van der Waals surface area contributed by atoms with Crippen LogP contribution in [0, 0.1) is 0 Å². The molecule has 0 spiro atoms. The lowest BCUT2D eigenvalue weighted by molar-refractivity contribution is 0.229. The van der Waals surface area contributed by atoms with E-state index in [2.05, 4.69) is 51.5 Å². The van der Waals surface area contributed by atoms with Crippen LogP contribution in [0.5, 0.6) is 11.5 Å². The number of nitrogens with one attached hydrogen (secondary N) is 1. The standard InChI is InChI=1S/C31H36N8O2/c1-22-4-5-24(35-22)21-39(26-14-27(40-2)17-28(15-26)41-3)25-6-7-29-30(16-25)36-31(19-33-29)23-18-34-38(20-23)13-12-37-10-8-32-9-11-37/h5-7,14-20,32H,4,8-13,21H2,1-3H3. The summed E-state index contributed by atoms with van der Waals surface area (Å²) in [5, 5.41) is 8.00. The first kappa shape index (κ1) is 26.9. The summed E-state index contributed by atoms with van der Waals surface area (Å²) in [6.07, 6.45) is 8.81. The van der Waals surface area contributed by atoms with Gasteiger partial charge in [-0.05, 0) is 25.1 Å². The fraction of sp³-hybridized carbons (Fsp3) is 0.355. The van der Waals surface area contributed by atoms with Crippen molar-refractivity contribution in [2.45, 2.75) is 19.9 Å². The Morgan fingerprint density at radius 2 is 1.73 bits per heavy atom. The summed E-state index contributed by atoms with van der Waals surface area (Å²) in [5.41, 5.74) is 7.47. The maximum Gasteiger partial charge on any atom is 0.124 e. The number of hydrogen-bond acceptors (Lipinski definition) is 9. The fourth-order valence-corrected chi connectivity index (χ4v) is 5.25. The molecule has 4 heterocycles. The number of aliphatic imine (C=N–C) groups is 1. The Hall–Kier alpha value is -4.28. The molecule has 212 valence electrons. The van der Waals surface area contributed by atoms with E-state index in [4.69, 9.17) is 24.4 Å². The van der Waals surface area contributed by atoms with Gasteiger partial charge >= 0.3 is 0 Å². The lowest BCUT2D eigenvalue weighted by Crippen LogP contribution is -2.44. The third kappa shape index (κ3) is 6.23. The van der Waals surface area contributed by atoms with Crippen LogP contribution in [0.25, 0.3) is 22.3 Å². The Bertz CT molecular complexity index is 1570. The first-order chi connectivity index (χ1) is 20.1. The Kier molecular flexibility index (Phi) is 7.93. The van der Waals surface area contributed by atoms with Crippen LogP contribution in [0.2, 0.25) is 0 Å². The highest BCUT2D eigenvalue weighted by Crippen LogP contribution is 2.35. The molecule has 2 aromatic carbocycles. The Balaban J connectivity index is 1.30. The molecule has 0 aliphatic carbocycles. The largest absolute Gasteiger partial charge is 0.497 e. The molecule has 2 aromatic heterocycles. The molecule has 2 aliphatic heterocycles. The molecule has 41 heavy (non-hydrogen) atoms. The summed E-state index contributed by atoms with van der Waals surface area (Å²) >= 11 is 0. The van der Waals surface area contributed by atoms with Crippen molar-refractivity contribution < 1.29 is 9.47 Å². The van der Waals surface area contributed by atoms with Crippen LogP contribution >= 0.6 is 0 Å². The van der Waals surface area contributed by atoms with E-state index in [1.54, 1.807) is 14.2 Å². The van der Waals surface area contributed by atoms with Crippen molar-refractivity contribution in [2.24, 2.45) is 4.99 Å². The summed E-state index contributed by atoms with van der Waals surface area (Å²) in [6, 6.07) is 12.1. The summed E-state index contributed by atoms with van der Waals surface area (Å²) in [6.45, 7) is 8.75. The number of fused-ring (bicyclic) bond motifs is 1. The molecular weight excluding hydrogens is 516 g/mol. The Labute approximate surface area is 240 Å². The molecule has 10 heteroatoms.